The van der Waals surface area contributed by atoms with Crippen LogP contribution in [0, 0.1) is 0 Å². The summed E-state index contributed by atoms with van der Waals surface area (Å²) in [5, 5.41) is 47.3. The molecule has 0 saturated carbocycles. The van der Waals surface area contributed by atoms with Gasteiger partial charge in [0.25, 0.3) is 5.91 Å². The molecule has 7 N–H and O–H groups in total. The molecule has 0 radical (unpaired) electrons. The number of carboxylic acid groups (broad SMARTS) is 3. The number of hydrogen-bond donors (Lipinski definition) is 7. The number of carboxylic acids is 3. The van der Waals surface area contributed by atoms with Crippen LogP contribution in [0.5, 0.6) is 0 Å². The molecule has 0 bridgehead atoms. The van der Waals surface area contributed by atoms with Crippen LogP contribution >= 0.6 is 0 Å². The predicted molar refractivity (Wildman–Crippen MR) is 163 cm³/mol. The van der Waals surface area contributed by atoms with E-state index in [-0.39, 0.29) is 19.3 Å². The van der Waals surface area contributed by atoms with Crippen LogP contribution in [0.4, 0.5) is 0 Å². The maximum absolute atomic E-state index is 13.4. The zero-order chi connectivity index (χ0) is 33.7. The van der Waals surface area contributed by atoms with Gasteiger partial charge in [-0.2, -0.15) is 0 Å². The van der Waals surface area contributed by atoms with Crippen molar-refractivity contribution in [1.82, 2.24) is 16.0 Å². The van der Waals surface area contributed by atoms with Crippen molar-refractivity contribution in [2.45, 2.75) is 55.8 Å². The Bertz CT molecular complexity index is 1440. The molecule has 0 aliphatic carbocycles. The summed E-state index contributed by atoms with van der Waals surface area (Å²) >= 11 is 0. The minimum absolute atomic E-state index is 0.134. The van der Waals surface area contributed by atoms with Gasteiger partial charge in [0.2, 0.25) is 11.8 Å². The highest BCUT2D eigenvalue weighted by atomic mass is 16.4. The molecule has 0 heterocycles. The summed E-state index contributed by atoms with van der Waals surface area (Å²) < 4.78 is 0. The summed E-state index contributed by atoms with van der Waals surface area (Å²) in [6, 6.07) is 20.4. The number of carbonyl (C=O) groups excluding carboxylic acids is 3. The highest BCUT2D eigenvalue weighted by Gasteiger charge is 2.43. The fraction of sp³-hybridized carbons (Fsp3) is 0.273. The molecule has 3 aromatic carbocycles. The lowest BCUT2D eigenvalue weighted by Gasteiger charge is -2.29. The Morgan fingerprint density at radius 1 is 0.500 bits per heavy atom. The van der Waals surface area contributed by atoms with Crippen molar-refractivity contribution < 1.29 is 49.2 Å². The largest absolute Gasteiger partial charge is 0.480 e. The molecule has 3 amide bonds. The summed E-state index contributed by atoms with van der Waals surface area (Å²) in [4.78, 5) is 75.4. The van der Waals surface area contributed by atoms with Gasteiger partial charge in [-0.3, -0.25) is 14.4 Å². The number of aliphatic carboxylic acids is 3. The van der Waals surface area contributed by atoms with Crippen LogP contribution in [0.1, 0.15) is 29.5 Å². The monoisotopic (exact) mass is 633 g/mol. The number of nitrogens with one attached hydrogen (secondary N) is 3. The summed E-state index contributed by atoms with van der Waals surface area (Å²) in [6.45, 7) is 0. The Labute approximate surface area is 264 Å². The minimum atomic E-state index is -2.90. The van der Waals surface area contributed by atoms with Gasteiger partial charge in [-0.1, -0.05) is 91.0 Å². The van der Waals surface area contributed by atoms with Gasteiger partial charge in [-0.15, -0.1) is 0 Å². The van der Waals surface area contributed by atoms with Gasteiger partial charge in [-0.25, -0.2) is 14.4 Å². The third-order valence-electron chi connectivity index (χ3n) is 7.05. The highest BCUT2D eigenvalue weighted by molar-refractivity contribution is 5.98. The van der Waals surface area contributed by atoms with Crippen LogP contribution in [-0.4, -0.2) is 79.8 Å². The maximum atomic E-state index is 13.4. The average molecular weight is 634 g/mol. The highest BCUT2D eigenvalue weighted by Crippen LogP contribution is 2.19. The molecule has 3 atom stereocenters. The molecule has 13 heteroatoms. The molecular formula is C33H35N3O10. The van der Waals surface area contributed by atoms with Gasteiger partial charge in [0.15, 0.2) is 5.60 Å². The number of rotatable bonds is 17. The van der Waals surface area contributed by atoms with Crippen molar-refractivity contribution in [3.63, 3.8) is 0 Å². The van der Waals surface area contributed by atoms with Crippen molar-refractivity contribution in [2.75, 3.05) is 0 Å². The number of aliphatic hydroxyl groups is 1. The fourth-order valence-corrected chi connectivity index (χ4v) is 4.69. The third kappa shape index (κ3) is 10.9. The molecule has 0 spiro atoms. The van der Waals surface area contributed by atoms with Gasteiger partial charge >= 0.3 is 17.9 Å². The Kier molecular flexibility index (Phi) is 12.5. The van der Waals surface area contributed by atoms with Crippen LogP contribution in [0.2, 0.25) is 0 Å². The number of carbonyl (C=O) groups is 6. The van der Waals surface area contributed by atoms with E-state index in [2.05, 4.69) is 16.0 Å². The number of benzene rings is 3. The smallest absolute Gasteiger partial charge is 0.326 e. The van der Waals surface area contributed by atoms with E-state index in [0.717, 1.165) is 0 Å². The lowest BCUT2D eigenvalue weighted by molar-refractivity contribution is -0.154. The van der Waals surface area contributed by atoms with Crippen molar-refractivity contribution >= 4 is 35.6 Å². The molecule has 13 nitrogen and oxygen atoms in total. The zero-order valence-corrected chi connectivity index (χ0v) is 24.7. The normalized spacial score (nSPS) is 14.0. The second-order valence-corrected chi connectivity index (χ2v) is 10.7. The predicted octanol–water partition coefficient (Wildman–Crippen LogP) is 0.934. The first kappa shape index (κ1) is 34.9. The molecule has 3 unspecified atom stereocenters. The summed E-state index contributed by atoms with van der Waals surface area (Å²) in [7, 11) is 0. The van der Waals surface area contributed by atoms with Crippen LogP contribution in [0.15, 0.2) is 91.0 Å². The first-order valence-electron chi connectivity index (χ1n) is 14.3. The van der Waals surface area contributed by atoms with Crippen LogP contribution in [0.25, 0.3) is 0 Å². The van der Waals surface area contributed by atoms with Gasteiger partial charge in [0, 0.05) is 19.3 Å². The first-order chi connectivity index (χ1) is 21.9. The SMILES string of the molecule is O=C(CC(O)(CC(=O)NC(Cc1ccccc1)C(=O)O)C(=O)NC(Cc1ccccc1)C(=O)O)NC(Cc1ccccc1)C(=O)O. The van der Waals surface area contributed by atoms with E-state index in [1.807, 2.05) is 0 Å². The van der Waals surface area contributed by atoms with E-state index in [1.165, 1.54) is 0 Å². The number of hydrogen-bond acceptors (Lipinski definition) is 7. The molecule has 0 aromatic heterocycles. The van der Waals surface area contributed by atoms with E-state index < -0.39 is 72.2 Å². The van der Waals surface area contributed by atoms with E-state index in [0.29, 0.717) is 16.7 Å². The maximum Gasteiger partial charge on any atom is 0.326 e. The van der Waals surface area contributed by atoms with Gasteiger partial charge in [0.05, 0.1) is 12.8 Å². The molecular weight excluding hydrogens is 598 g/mol. The summed E-state index contributed by atoms with van der Waals surface area (Å²) in [6.07, 6.45) is -2.75. The van der Waals surface area contributed by atoms with E-state index in [9.17, 15) is 49.2 Å². The topological polar surface area (TPSA) is 219 Å². The molecule has 46 heavy (non-hydrogen) atoms. The second-order valence-electron chi connectivity index (χ2n) is 10.7. The quantitative estimate of drug-likeness (QED) is 0.111. The Morgan fingerprint density at radius 3 is 1.07 bits per heavy atom. The standard InChI is InChI=1S/C33H35N3O10/c37-27(34-24(29(39)40)16-21-10-4-1-5-11-21)19-33(46,32(45)36-26(31(43)44)18-23-14-8-3-9-15-23)20-28(38)35-25(30(41)42)17-22-12-6-2-7-13-22/h1-15,24-26,46H,16-20H2,(H,34,37)(H,35,38)(H,36,45)(H,39,40)(H,41,42)(H,43,44). The van der Waals surface area contributed by atoms with E-state index in [1.54, 1.807) is 91.0 Å². The third-order valence-corrected chi connectivity index (χ3v) is 7.05. The minimum Gasteiger partial charge on any atom is -0.480 e. The van der Waals surface area contributed by atoms with Crippen molar-refractivity contribution in [1.29, 1.82) is 0 Å². The van der Waals surface area contributed by atoms with Crippen LogP contribution in [0.3, 0.4) is 0 Å². The van der Waals surface area contributed by atoms with E-state index >= 15 is 0 Å². The average Bonchev–Trinajstić information content (AvgIpc) is 3.01. The fourth-order valence-electron chi connectivity index (χ4n) is 4.69. The second kappa shape index (κ2) is 16.5. The molecule has 0 aliphatic rings. The van der Waals surface area contributed by atoms with E-state index in [4.69, 9.17) is 0 Å². The van der Waals surface area contributed by atoms with Crippen LogP contribution in [-0.2, 0) is 48.0 Å². The lowest BCUT2D eigenvalue weighted by Crippen LogP contribution is -2.57. The molecule has 242 valence electrons. The van der Waals surface area contributed by atoms with Crippen molar-refractivity contribution in [3.05, 3.63) is 108 Å². The zero-order valence-electron chi connectivity index (χ0n) is 24.7. The van der Waals surface area contributed by atoms with Gasteiger partial charge < -0.3 is 36.4 Å². The molecule has 0 saturated heterocycles. The molecule has 3 rings (SSSR count). The Balaban J connectivity index is 1.83. The molecule has 3 aromatic rings. The summed E-state index contributed by atoms with van der Waals surface area (Å²) in [5.41, 5.74) is -1.22. The first-order valence-corrected chi connectivity index (χ1v) is 14.3. The Hall–Kier alpha value is -5.56. The van der Waals surface area contributed by atoms with Gasteiger partial charge in [0.1, 0.15) is 18.1 Å². The van der Waals surface area contributed by atoms with Crippen molar-refractivity contribution in [2.24, 2.45) is 0 Å². The van der Waals surface area contributed by atoms with Crippen LogP contribution < -0.4 is 16.0 Å². The van der Waals surface area contributed by atoms with Crippen molar-refractivity contribution in [3.8, 4) is 0 Å². The lowest BCUT2D eigenvalue weighted by atomic mass is 9.91. The number of amides is 3. The molecule has 0 fully saturated rings. The summed E-state index contributed by atoms with van der Waals surface area (Å²) in [5.74, 6) is -7.91. The Morgan fingerprint density at radius 2 is 0.783 bits per heavy atom. The van der Waals surface area contributed by atoms with Gasteiger partial charge in [-0.05, 0) is 16.7 Å². The molecule has 0 aliphatic heterocycles.